The predicted molar refractivity (Wildman–Crippen MR) is 163 cm³/mol. The van der Waals surface area contributed by atoms with Crippen LogP contribution in [-0.2, 0) is 25.5 Å². The Morgan fingerprint density at radius 2 is 2.02 bits per heavy atom. The molecule has 0 unspecified atom stereocenters. The molecule has 2 aromatic rings. The summed E-state index contributed by atoms with van der Waals surface area (Å²) in [7, 11) is 2.07. The molecule has 3 amide bonds. The molecule has 1 aliphatic carbocycles. The SMILES string of the molecule is CC(C)C[C@H]1C(=O)N2CCC[C@H]2[C@H]2O[C@@](NC(=O)[C@H]3C=C4c5cccc6[nH]c(Br)c(c56)C[C@H]4N(C)C3)(C(C)C)C(=O)N21. The maximum Gasteiger partial charge on any atom is 0.279 e. The second kappa shape index (κ2) is 9.92. The van der Waals surface area contributed by atoms with Crippen molar-refractivity contribution in [3.63, 3.8) is 0 Å². The zero-order chi connectivity index (χ0) is 29.7. The topological polar surface area (TPSA) is 98.0 Å². The molecule has 2 N–H and O–H groups in total. The van der Waals surface area contributed by atoms with Gasteiger partial charge in [-0.3, -0.25) is 24.2 Å². The third-order valence-corrected chi connectivity index (χ3v) is 10.8. The summed E-state index contributed by atoms with van der Waals surface area (Å²) in [5.74, 6) is -1.06. The van der Waals surface area contributed by atoms with Crippen molar-refractivity contribution in [2.75, 3.05) is 20.1 Å². The van der Waals surface area contributed by atoms with E-state index in [2.05, 4.69) is 70.2 Å². The van der Waals surface area contributed by atoms with Crippen molar-refractivity contribution >= 4 is 50.1 Å². The summed E-state index contributed by atoms with van der Waals surface area (Å²) >= 11 is 3.72. The van der Waals surface area contributed by atoms with E-state index in [1.807, 2.05) is 24.8 Å². The molecule has 5 aliphatic rings. The average molecular weight is 639 g/mol. The van der Waals surface area contributed by atoms with E-state index in [1.165, 1.54) is 10.9 Å². The first-order valence-corrected chi connectivity index (χ1v) is 16.2. The number of benzene rings is 1. The van der Waals surface area contributed by atoms with Crippen molar-refractivity contribution in [1.82, 2.24) is 25.0 Å². The first kappa shape index (κ1) is 28.1. The predicted octanol–water partition coefficient (Wildman–Crippen LogP) is 3.87. The summed E-state index contributed by atoms with van der Waals surface area (Å²) in [5.41, 5.74) is 3.12. The number of likely N-dealkylation sites (N-methyl/N-ethyl adjacent to an activating group) is 1. The normalized spacial score (nSPS) is 32.5. The Labute approximate surface area is 255 Å². The standard InChI is InChI=1S/C32H40BrN5O4/c1-16(2)12-25-29(40)37-11-7-10-23(37)30-38(25)31(41)32(42-30,17(3)4)35-28(39)18-13-20-19-8-6-9-22-26(19)21(27(33)34-22)14-24(20)36(5)15-18/h6,8-9,13,16-18,23-25,30,34H,7,10-12,14-15H2,1-5H3,(H,35,39)/t18-,23-,24+,25-,30+,32-/m0/s1. The molecule has 4 aliphatic heterocycles. The molecule has 0 bridgehead atoms. The molecule has 6 atom stereocenters. The lowest BCUT2D eigenvalue weighted by Gasteiger charge is -2.44. The van der Waals surface area contributed by atoms with E-state index in [-0.39, 0.29) is 41.6 Å². The van der Waals surface area contributed by atoms with E-state index in [0.717, 1.165) is 40.5 Å². The number of piperazine rings is 1. The molecule has 5 heterocycles. The molecule has 1 aromatic heterocycles. The number of ether oxygens (including phenoxy) is 1. The van der Waals surface area contributed by atoms with Gasteiger partial charge < -0.3 is 19.9 Å². The number of carbonyl (C=O) groups is 3. The van der Waals surface area contributed by atoms with E-state index in [0.29, 0.717) is 19.5 Å². The Morgan fingerprint density at radius 3 is 2.76 bits per heavy atom. The zero-order valence-electron chi connectivity index (χ0n) is 24.9. The Bertz CT molecular complexity index is 1520. The number of nitrogens with zero attached hydrogens (tertiary/aromatic N) is 3. The molecule has 0 saturated carbocycles. The van der Waals surface area contributed by atoms with Crippen LogP contribution in [0.25, 0.3) is 16.5 Å². The van der Waals surface area contributed by atoms with E-state index < -0.39 is 23.9 Å². The van der Waals surface area contributed by atoms with Gasteiger partial charge in [-0.05, 0) is 77.3 Å². The Hall–Kier alpha value is -2.69. The van der Waals surface area contributed by atoms with Crippen molar-refractivity contribution in [2.45, 2.75) is 83.5 Å². The highest BCUT2D eigenvalue weighted by Crippen LogP contribution is 2.45. The number of H-pyrrole nitrogens is 1. The van der Waals surface area contributed by atoms with Crippen LogP contribution in [0.5, 0.6) is 0 Å². The fraction of sp³-hybridized carbons (Fsp3) is 0.594. The van der Waals surface area contributed by atoms with Gasteiger partial charge in [0.15, 0.2) is 6.23 Å². The van der Waals surface area contributed by atoms with Crippen LogP contribution in [0.3, 0.4) is 0 Å². The van der Waals surface area contributed by atoms with Crippen LogP contribution in [0.4, 0.5) is 0 Å². The summed E-state index contributed by atoms with van der Waals surface area (Å²) in [6.45, 7) is 9.19. The largest absolute Gasteiger partial charge is 0.349 e. The average Bonchev–Trinajstić information content (AvgIpc) is 3.63. The van der Waals surface area contributed by atoms with Gasteiger partial charge in [0.2, 0.25) is 17.5 Å². The maximum absolute atomic E-state index is 14.4. The van der Waals surface area contributed by atoms with Crippen LogP contribution in [-0.4, -0.2) is 87.6 Å². The minimum Gasteiger partial charge on any atom is -0.349 e. The summed E-state index contributed by atoms with van der Waals surface area (Å²) < 4.78 is 7.71. The molecule has 0 radical (unpaired) electrons. The molecule has 42 heavy (non-hydrogen) atoms. The van der Waals surface area contributed by atoms with Gasteiger partial charge in [0.25, 0.3) is 5.91 Å². The smallest absolute Gasteiger partial charge is 0.279 e. The van der Waals surface area contributed by atoms with E-state index >= 15 is 0 Å². The van der Waals surface area contributed by atoms with Crippen molar-refractivity contribution in [3.8, 4) is 0 Å². The van der Waals surface area contributed by atoms with Crippen LogP contribution in [0.15, 0.2) is 28.9 Å². The summed E-state index contributed by atoms with van der Waals surface area (Å²) in [6, 6.07) is 5.67. The zero-order valence-corrected chi connectivity index (χ0v) is 26.5. The molecule has 3 saturated heterocycles. The third-order valence-electron chi connectivity index (χ3n) is 10.2. The number of hydrogen-bond donors (Lipinski definition) is 2. The molecule has 10 heteroatoms. The van der Waals surface area contributed by atoms with Crippen LogP contribution >= 0.6 is 15.9 Å². The van der Waals surface area contributed by atoms with Gasteiger partial charge in [-0.25, -0.2) is 0 Å². The number of aromatic nitrogens is 1. The lowest BCUT2D eigenvalue weighted by atomic mass is 9.79. The molecule has 7 rings (SSSR count). The molecule has 224 valence electrons. The highest BCUT2D eigenvalue weighted by molar-refractivity contribution is 9.10. The minimum absolute atomic E-state index is 0.0113. The van der Waals surface area contributed by atoms with Crippen molar-refractivity contribution in [2.24, 2.45) is 17.8 Å². The lowest BCUT2D eigenvalue weighted by Crippen LogP contribution is -2.65. The van der Waals surface area contributed by atoms with E-state index in [1.54, 1.807) is 4.90 Å². The Balaban J connectivity index is 1.23. The van der Waals surface area contributed by atoms with Gasteiger partial charge in [0, 0.05) is 36.0 Å². The van der Waals surface area contributed by atoms with Gasteiger partial charge in [-0.2, -0.15) is 0 Å². The van der Waals surface area contributed by atoms with Crippen LogP contribution in [0, 0.1) is 17.8 Å². The van der Waals surface area contributed by atoms with Crippen molar-refractivity contribution in [3.05, 3.63) is 40.0 Å². The summed E-state index contributed by atoms with van der Waals surface area (Å²) in [5, 5.41) is 4.34. The third kappa shape index (κ3) is 3.97. The number of halogens is 1. The van der Waals surface area contributed by atoms with E-state index in [9.17, 15) is 14.4 Å². The quantitative estimate of drug-likeness (QED) is 0.519. The highest BCUT2D eigenvalue weighted by Gasteiger charge is 2.64. The van der Waals surface area contributed by atoms with Crippen LogP contribution in [0.1, 0.15) is 58.1 Å². The minimum atomic E-state index is -1.52. The van der Waals surface area contributed by atoms with Crippen LogP contribution < -0.4 is 5.32 Å². The number of hydrogen-bond acceptors (Lipinski definition) is 5. The molecule has 3 fully saturated rings. The van der Waals surface area contributed by atoms with Crippen LogP contribution in [0.2, 0.25) is 0 Å². The van der Waals surface area contributed by atoms with Crippen molar-refractivity contribution < 1.29 is 19.1 Å². The highest BCUT2D eigenvalue weighted by atomic mass is 79.9. The lowest BCUT2D eigenvalue weighted by molar-refractivity contribution is -0.172. The number of amides is 3. The van der Waals surface area contributed by atoms with Crippen molar-refractivity contribution in [1.29, 1.82) is 0 Å². The molecular formula is C32H40BrN5O4. The second-order valence-electron chi connectivity index (χ2n) is 13.5. The number of nitrogens with one attached hydrogen (secondary N) is 2. The van der Waals surface area contributed by atoms with Gasteiger partial charge in [-0.15, -0.1) is 0 Å². The molecule has 9 nitrogen and oxygen atoms in total. The Kier molecular flexibility index (Phi) is 6.64. The number of fused-ring (bicyclic) bond motifs is 5. The first-order valence-electron chi connectivity index (χ1n) is 15.4. The fourth-order valence-corrected chi connectivity index (χ4v) is 8.64. The van der Waals surface area contributed by atoms with E-state index in [4.69, 9.17) is 4.74 Å². The van der Waals surface area contributed by atoms with Gasteiger partial charge in [0.05, 0.1) is 16.6 Å². The number of rotatable bonds is 5. The van der Waals surface area contributed by atoms with Gasteiger partial charge >= 0.3 is 0 Å². The maximum atomic E-state index is 14.4. The fourth-order valence-electron chi connectivity index (χ4n) is 8.07. The molecule has 0 spiro atoms. The van der Waals surface area contributed by atoms with Gasteiger partial charge in [0.1, 0.15) is 6.04 Å². The van der Waals surface area contributed by atoms with Gasteiger partial charge in [-0.1, -0.05) is 45.9 Å². The Morgan fingerprint density at radius 1 is 1.24 bits per heavy atom. The number of aromatic amines is 1. The summed E-state index contributed by atoms with van der Waals surface area (Å²) in [6.07, 6.45) is 4.65. The summed E-state index contributed by atoms with van der Waals surface area (Å²) in [4.78, 5) is 51.4. The molecular weight excluding hydrogens is 598 g/mol. The monoisotopic (exact) mass is 637 g/mol. The first-order chi connectivity index (χ1) is 20.0. The molecule has 1 aromatic carbocycles. The second-order valence-corrected chi connectivity index (χ2v) is 14.3. The number of carbonyl (C=O) groups excluding carboxylic acids is 3.